The van der Waals surface area contributed by atoms with Crippen molar-refractivity contribution in [3.63, 3.8) is 0 Å². The minimum absolute atomic E-state index is 0.231. The van der Waals surface area contributed by atoms with Crippen molar-refractivity contribution in [2.75, 3.05) is 0 Å². The van der Waals surface area contributed by atoms with E-state index in [2.05, 4.69) is 26.5 Å². The number of nitrogens with zero attached hydrogens (tertiary/aromatic N) is 1. The van der Waals surface area contributed by atoms with Crippen LogP contribution in [0.25, 0.3) is 0 Å². The molecule has 0 saturated carbocycles. The Morgan fingerprint density at radius 3 is 2.82 bits per heavy atom. The Labute approximate surface area is 106 Å². The van der Waals surface area contributed by atoms with E-state index in [9.17, 15) is 4.79 Å². The summed E-state index contributed by atoms with van der Waals surface area (Å²) in [4.78, 5) is 11.5. The highest BCUT2D eigenvalue weighted by atomic mass is 79.9. The Morgan fingerprint density at radius 1 is 1.29 bits per heavy atom. The average Bonchev–Trinajstić information content (AvgIpc) is 2.85. The Bertz CT molecular complexity index is 535. The lowest BCUT2D eigenvalue weighted by atomic mass is 10.2. The van der Waals surface area contributed by atoms with E-state index in [1.807, 2.05) is 24.3 Å². The predicted molar refractivity (Wildman–Crippen MR) is 67.9 cm³/mol. The van der Waals surface area contributed by atoms with Crippen LogP contribution >= 0.6 is 15.9 Å². The van der Waals surface area contributed by atoms with E-state index >= 15 is 0 Å². The van der Waals surface area contributed by atoms with E-state index in [1.54, 1.807) is 18.3 Å². The van der Waals surface area contributed by atoms with Crippen LogP contribution < -0.4 is 5.43 Å². The van der Waals surface area contributed by atoms with Crippen LogP contribution in [0.15, 0.2) is 56.7 Å². The summed E-state index contributed by atoms with van der Waals surface area (Å²) in [6, 6.07) is 10.8. The Kier molecular flexibility index (Phi) is 3.72. The molecule has 86 valence electrons. The van der Waals surface area contributed by atoms with Crippen molar-refractivity contribution in [2.24, 2.45) is 5.10 Å². The predicted octanol–water partition coefficient (Wildman–Crippen LogP) is 2.81. The maximum Gasteiger partial charge on any atom is 0.307 e. The van der Waals surface area contributed by atoms with Gasteiger partial charge in [0.1, 0.15) is 0 Å². The zero-order valence-electron chi connectivity index (χ0n) is 8.76. The Balaban J connectivity index is 1.99. The van der Waals surface area contributed by atoms with Gasteiger partial charge < -0.3 is 4.42 Å². The van der Waals surface area contributed by atoms with Gasteiger partial charge in [-0.2, -0.15) is 5.10 Å². The molecule has 0 radical (unpaired) electrons. The molecule has 0 unspecified atom stereocenters. The van der Waals surface area contributed by atoms with Gasteiger partial charge in [0.25, 0.3) is 0 Å². The fraction of sp³-hybridized carbons (Fsp3) is 0. The second-order valence-corrected chi connectivity index (χ2v) is 4.05. The molecular formula is C12H9BrN2O2. The SMILES string of the molecule is O=C(N/N=C\c1ccccc1Br)c1ccco1. The summed E-state index contributed by atoms with van der Waals surface area (Å²) in [5.41, 5.74) is 3.26. The lowest BCUT2D eigenvalue weighted by Gasteiger charge is -1.97. The van der Waals surface area contributed by atoms with Gasteiger partial charge in [0.05, 0.1) is 12.5 Å². The van der Waals surface area contributed by atoms with Crippen LogP contribution in [0, 0.1) is 0 Å². The van der Waals surface area contributed by atoms with E-state index < -0.39 is 0 Å². The van der Waals surface area contributed by atoms with Gasteiger partial charge in [0.15, 0.2) is 5.76 Å². The normalized spacial score (nSPS) is 10.6. The van der Waals surface area contributed by atoms with E-state index in [0.29, 0.717) is 0 Å². The third kappa shape index (κ3) is 3.04. The first-order valence-electron chi connectivity index (χ1n) is 4.89. The van der Waals surface area contributed by atoms with Crippen molar-refractivity contribution in [1.82, 2.24) is 5.43 Å². The highest BCUT2D eigenvalue weighted by molar-refractivity contribution is 9.10. The number of nitrogens with one attached hydrogen (secondary N) is 1. The van der Waals surface area contributed by atoms with Gasteiger partial charge in [-0.3, -0.25) is 4.79 Å². The molecule has 4 nitrogen and oxygen atoms in total. The fourth-order valence-corrected chi connectivity index (χ4v) is 1.59. The van der Waals surface area contributed by atoms with Gasteiger partial charge >= 0.3 is 5.91 Å². The van der Waals surface area contributed by atoms with Crippen LogP contribution in [0.4, 0.5) is 0 Å². The number of furan rings is 1. The molecule has 5 heteroatoms. The number of hydrogen-bond donors (Lipinski definition) is 1. The average molecular weight is 293 g/mol. The Morgan fingerprint density at radius 2 is 2.12 bits per heavy atom. The lowest BCUT2D eigenvalue weighted by molar-refractivity contribution is 0.0927. The molecule has 1 aromatic carbocycles. The number of hydrogen-bond acceptors (Lipinski definition) is 3. The highest BCUT2D eigenvalue weighted by Gasteiger charge is 2.05. The molecule has 0 spiro atoms. The van der Waals surface area contributed by atoms with Crippen molar-refractivity contribution in [1.29, 1.82) is 0 Å². The molecule has 0 aliphatic rings. The second kappa shape index (κ2) is 5.45. The van der Waals surface area contributed by atoms with E-state index in [-0.39, 0.29) is 11.7 Å². The minimum atomic E-state index is -0.377. The molecule has 0 aliphatic carbocycles. The smallest absolute Gasteiger partial charge is 0.307 e. The summed E-state index contributed by atoms with van der Waals surface area (Å²) in [7, 11) is 0. The number of benzene rings is 1. The first-order valence-corrected chi connectivity index (χ1v) is 5.68. The number of halogens is 1. The summed E-state index contributed by atoms with van der Waals surface area (Å²) in [5.74, 6) is -0.146. The molecule has 17 heavy (non-hydrogen) atoms. The summed E-state index contributed by atoms with van der Waals surface area (Å²) in [5, 5.41) is 3.84. The molecular weight excluding hydrogens is 284 g/mol. The number of hydrazone groups is 1. The summed E-state index contributed by atoms with van der Waals surface area (Å²) in [6.07, 6.45) is 3.00. The number of carbonyl (C=O) groups is 1. The molecule has 1 aromatic heterocycles. The quantitative estimate of drug-likeness (QED) is 0.699. The number of amides is 1. The van der Waals surface area contributed by atoms with Crippen LogP contribution in [-0.2, 0) is 0 Å². The van der Waals surface area contributed by atoms with Gasteiger partial charge in [-0.05, 0) is 18.2 Å². The van der Waals surface area contributed by atoms with E-state index in [1.165, 1.54) is 6.26 Å². The van der Waals surface area contributed by atoms with Gasteiger partial charge in [-0.25, -0.2) is 5.43 Å². The first-order chi connectivity index (χ1) is 8.27. The van der Waals surface area contributed by atoms with Crippen LogP contribution in [0.5, 0.6) is 0 Å². The standard InChI is InChI=1S/C12H9BrN2O2/c13-10-5-2-1-4-9(10)8-14-15-12(16)11-6-3-7-17-11/h1-8H,(H,15,16)/b14-8-. The summed E-state index contributed by atoms with van der Waals surface area (Å²) >= 11 is 3.38. The van der Waals surface area contributed by atoms with Gasteiger partial charge in [-0.1, -0.05) is 34.1 Å². The van der Waals surface area contributed by atoms with Crippen LogP contribution in [-0.4, -0.2) is 12.1 Å². The first kappa shape index (κ1) is 11.6. The third-order valence-corrected chi connectivity index (χ3v) is 2.74. The number of rotatable bonds is 3. The molecule has 0 atom stereocenters. The van der Waals surface area contributed by atoms with Crippen molar-refractivity contribution >= 4 is 28.1 Å². The van der Waals surface area contributed by atoms with Crippen molar-refractivity contribution in [3.8, 4) is 0 Å². The van der Waals surface area contributed by atoms with Crippen LogP contribution in [0.2, 0.25) is 0 Å². The monoisotopic (exact) mass is 292 g/mol. The molecule has 0 fully saturated rings. The van der Waals surface area contributed by atoms with Gasteiger partial charge in [0, 0.05) is 10.0 Å². The molecule has 0 aliphatic heterocycles. The van der Waals surface area contributed by atoms with Crippen LogP contribution in [0.1, 0.15) is 16.1 Å². The fourth-order valence-electron chi connectivity index (χ4n) is 1.20. The van der Waals surface area contributed by atoms with Gasteiger partial charge in [0.2, 0.25) is 0 Å². The lowest BCUT2D eigenvalue weighted by Crippen LogP contribution is -2.16. The van der Waals surface area contributed by atoms with Gasteiger partial charge in [-0.15, -0.1) is 0 Å². The minimum Gasteiger partial charge on any atom is -0.459 e. The molecule has 2 rings (SSSR count). The maximum atomic E-state index is 11.5. The molecule has 1 heterocycles. The van der Waals surface area contributed by atoms with Crippen molar-refractivity contribution in [2.45, 2.75) is 0 Å². The summed E-state index contributed by atoms with van der Waals surface area (Å²) in [6.45, 7) is 0. The molecule has 2 aromatic rings. The zero-order chi connectivity index (χ0) is 12.1. The van der Waals surface area contributed by atoms with E-state index in [0.717, 1.165) is 10.0 Å². The molecule has 0 saturated heterocycles. The van der Waals surface area contributed by atoms with Crippen LogP contribution in [0.3, 0.4) is 0 Å². The zero-order valence-corrected chi connectivity index (χ0v) is 10.3. The maximum absolute atomic E-state index is 11.5. The Hall–Kier alpha value is -1.88. The second-order valence-electron chi connectivity index (χ2n) is 3.20. The number of carbonyl (C=O) groups excluding carboxylic acids is 1. The third-order valence-electron chi connectivity index (χ3n) is 2.02. The largest absolute Gasteiger partial charge is 0.459 e. The van der Waals surface area contributed by atoms with Crippen molar-refractivity contribution < 1.29 is 9.21 Å². The topological polar surface area (TPSA) is 54.6 Å². The molecule has 0 bridgehead atoms. The molecule has 1 N–H and O–H groups in total. The molecule has 1 amide bonds. The van der Waals surface area contributed by atoms with E-state index in [4.69, 9.17) is 4.42 Å². The van der Waals surface area contributed by atoms with Crippen molar-refractivity contribution in [3.05, 3.63) is 58.5 Å². The summed E-state index contributed by atoms with van der Waals surface area (Å²) < 4.78 is 5.84. The highest BCUT2D eigenvalue weighted by Crippen LogP contribution is 2.13.